The van der Waals surface area contributed by atoms with Crippen LogP contribution >= 0.6 is 0 Å². The van der Waals surface area contributed by atoms with Crippen LogP contribution in [0.4, 0.5) is 0 Å². The number of nitrogens with one attached hydrogen (secondary N) is 1. The van der Waals surface area contributed by atoms with Gasteiger partial charge in [-0.25, -0.2) is 4.98 Å². The molecule has 0 atom stereocenters. The van der Waals surface area contributed by atoms with Crippen LogP contribution in [0.15, 0.2) is 29.1 Å². The molecular formula is C20H24N4O2. The summed E-state index contributed by atoms with van der Waals surface area (Å²) in [5, 5.41) is 3.43. The average molecular weight is 352 g/mol. The number of ether oxygens (including phenoxy) is 1. The second-order valence-corrected chi connectivity index (χ2v) is 6.92. The molecule has 1 aliphatic carbocycles. The van der Waals surface area contributed by atoms with Crippen molar-refractivity contribution in [3.8, 4) is 17.1 Å². The Bertz CT molecular complexity index is 937. The first-order valence-corrected chi connectivity index (χ1v) is 9.32. The van der Waals surface area contributed by atoms with Gasteiger partial charge in [0, 0.05) is 12.1 Å². The average Bonchev–Trinajstić information content (AvgIpc) is 3.29. The van der Waals surface area contributed by atoms with E-state index in [9.17, 15) is 4.79 Å². The summed E-state index contributed by atoms with van der Waals surface area (Å²) in [5.41, 5.74) is 2.43. The number of aromatic nitrogens is 4. The molecule has 1 aromatic carbocycles. The number of aromatic amines is 1. The van der Waals surface area contributed by atoms with Crippen molar-refractivity contribution >= 4 is 0 Å². The van der Waals surface area contributed by atoms with Crippen molar-refractivity contribution in [1.82, 2.24) is 19.7 Å². The van der Waals surface area contributed by atoms with Gasteiger partial charge in [-0.3, -0.25) is 14.6 Å². The molecule has 0 saturated heterocycles. The first-order chi connectivity index (χ1) is 12.7. The van der Waals surface area contributed by atoms with Crippen LogP contribution in [-0.2, 0) is 12.8 Å². The van der Waals surface area contributed by atoms with E-state index in [1.807, 2.05) is 31.2 Å². The minimum absolute atomic E-state index is 0.183. The lowest BCUT2D eigenvalue weighted by Crippen LogP contribution is -2.18. The van der Waals surface area contributed by atoms with Crippen molar-refractivity contribution in [2.75, 3.05) is 7.11 Å². The number of H-pyrrole nitrogens is 1. The van der Waals surface area contributed by atoms with Gasteiger partial charge in [0.1, 0.15) is 17.1 Å². The van der Waals surface area contributed by atoms with E-state index in [-0.39, 0.29) is 5.56 Å². The van der Waals surface area contributed by atoms with Gasteiger partial charge in [-0.1, -0.05) is 31.9 Å². The minimum Gasteiger partial charge on any atom is -0.497 e. The zero-order valence-electron chi connectivity index (χ0n) is 15.3. The van der Waals surface area contributed by atoms with Gasteiger partial charge < -0.3 is 4.74 Å². The van der Waals surface area contributed by atoms with Gasteiger partial charge in [-0.15, -0.1) is 0 Å². The minimum atomic E-state index is -0.183. The smallest absolute Gasteiger partial charge is 0.284 e. The van der Waals surface area contributed by atoms with Crippen molar-refractivity contribution in [2.45, 2.75) is 51.5 Å². The number of hydrogen-bond donors (Lipinski definition) is 1. The van der Waals surface area contributed by atoms with Gasteiger partial charge in [0.25, 0.3) is 5.56 Å². The van der Waals surface area contributed by atoms with E-state index in [4.69, 9.17) is 9.72 Å². The quantitative estimate of drug-likeness (QED) is 0.764. The molecule has 0 aromatic heterocycles. The van der Waals surface area contributed by atoms with Gasteiger partial charge >= 0.3 is 0 Å². The molecule has 2 aliphatic heterocycles. The molecule has 1 aromatic rings. The fourth-order valence-corrected chi connectivity index (χ4v) is 3.89. The number of methoxy groups -OCH3 is 1. The highest BCUT2D eigenvalue weighted by molar-refractivity contribution is 5.59. The molecule has 0 bridgehead atoms. The van der Waals surface area contributed by atoms with E-state index in [1.54, 1.807) is 7.11 Å². The van der Waals surface area contributed by atoms with Crippen molar-refractivity contribution in [1.29, 1.82) is 0 Å². The highest BCUT2D eigenvalue weighted by Crippen LogP contribution is 2.33. The molecule has 1 N–H and O–H groups in total. The van der Waals surface area contributed by atoms with Crippen molar-refractivity contribution in [3.63, 3.8) is 0 Å². The van der Waals surface area contributed by atoms with Gasteiger partial charge in [-0.2, -0.15) is 4.98 Å². The molecule has 1 fully saturated rings. The number of rotatable bonds is 5. The molecule has 0 spiro atoms. The maximum Gasteiger partial charge on any atom is 0.284 e. The van der Waals surface area contributed by atoms with Gasteiger partial charge in [-0.05, 0) is 37.0 Å². The Kier molecular flexibility index (Phi) is 4.49. The summed E-state index contributed by atoms with van der Waals surface area (Å²) in [4.78, 5) is 21.8. The first kappa shape index (κ1) is 16.8. The van der Waals surface area contributed by atoms with E-state index < -0.39 is 0 Å². The highest BCUT2D eigenvalue weighted by Gasteiger charge is 2.27. The Hall–Kier alpha value is -2.63. The van der Waals surface area contributed by atoms with Crippen molar-refractivity contribution < 1.29 is 4.74 Å². The van der Waals surface area contributed by atoms with Crippen LogP contribution in [0.3, 0.4) is 0 Å². The monoisotopic (exact) mass is 352 g/mol. The fraction of sp³-hybridized carbons (Fsp3) is 0.450. The van der Waals surface area contributed by atoms with Crippen LogP contribution in [0.25, 0.3) is 11.4 Å². The summed E-state index contributed by atoms with van der Waals surface area (Å²) >= 11 is 0. The van der Waals surface area contributed by atoms with Gasteiger partial charge in [0.15, 0.2) is 5.82 Å². The lowest BCUT2D eigenvalue weighted by Gasteiger charge is -2.14. The molecule has 0 radical (unpaired) electrons. The van der Waals surface area contributed by atoms with Crippen molar-refractivity contribution in [3.05, 3.63) is 51.7 Å². The highest BCUT2D eigenvalue weighted by atomic mass is 16.5. The predicted molar refractivity (Wildman–Crippen MR) is 99.9 cm³/mol. The van der Waals surface area contributed by atoms with Gasteiger partial charge in [0.05, 0.1) is 13.2 Å². The lowest BCUT2D eigenvalue weighted by atomic mass is 10.1. The Morgan fingerprint density at radius 1 is 1.27 bits per heavy atom. The third-order valence-electron chi connectivity index (χ3n) is 5.23. The van der Waals surface area contributed by atoms with E-state index >= 15 is 0 Å². The first-order valence-electron chi connectivity index (χ1n) is 9.32. The summed E-state index contributed by atoms with van der Waals surface area (Å²) in [6.07, 6.45) is 6.00. The molecule has 1 saturated carbocycles. The van der Waals surface area contributed by atoms with E-state index in [1.165, 1.54) is 12.8 Å². The lowest BCUT2D eigenvalue weighted by molar-refractivity contribution is 0.414. The molecule has 2 heterocycles. The molecule has 3 aliphatic rings. The third kappa shape index (κ3) is 3.00. The number of hydrogen-bond acceptors (Lipinski definition) is 4. The SMILES string of the molecule is CCc1[nH]n(C2CCCC2)c2nc(Cc3cccc(OC)c3)nc(=O)c1-2. The predicted octanol–water partition coefficient (Wildman–Crippen LogP) is 3.35. The molecule has 6 heteroatoms. The van der Waals surface area contributed by atoms with Crippen LogP contribution < -0.4 is 10.3 Å². The standard InChI is InChI=1S/C20H24N4O2/c1-3-16-18-19(24(23-16)14-8-4-5-9-14)21-17(22-20(18)25)12-13-7-6-10-15(11-13)26-2/h6-7,10-11,14,23H,3-5,8-9,12H2,1-2H3. The van der Waals surface area contributed by atoms with E-state index in [0.717, 1.165) is 42.1 Å². The Balaban J connectivity index is 1.77. The Labute approximate surface area is 152 Å². The molecule has 0 amide bonds. The van der Waals surface area contributed by atoms with Crippen molar-refractivity contribution in [2.24, 2.45) is 0 Å². The third-order valence-corrected chi connectivity index (χ3v) is 5.23. The Morgan fingerprint density at radius 3 is 2.81 bits per heavy atom. The largest absolute Gasteiger partial charge is 0.497 e. The zero-order chi connectivity index (χ0) is 18.1. The molecular weight excluding hydrogens is 328 g/mol. The summed E-state index contributed by atoms with van der Waals surface area (Å²) in [6.45, 7) is 2.05. The maximum absolute atomic E-state index is 12.7. The summed E-state index contributed by atoms with van der Waals surface area (Å²) in [7, 11) is 1.65. The second-order valence-electron chi connectivity index (χ2n) is 6.92. The summed E-state index contributed by atoms with van der Waals surface area (Å²) in [5.74, 6) is 2.11. The fourth-order valence-electron chi connectivity index (χ4n) is 3.89. The van der Waals surface area contributed by atoms with Crippen LogP contribution in [0.2, 0.25) is 0 Å². The number of aryl methyl sites for hydroxylation is 1. The van der Waals surface area contributed by atoms with Crippen LogP contribution in [-0.4, -0.2) is 26.9 Å². The summed E-state index contributed by atoms with van der Waals surface area (Å²) < 4.78 is 7.39. The zero-order valence-corrected chi connectivity index (χ0v) is 15.3. The Morgan fingerprint density at radius 2 is 2.08 bits per heavy atom. The molecule has 26 heavy (non-hydrogen) atoms. The van der Waals surface area contributed by atoms with E-state index in [2.05, 4.69) is 14.8 Å². The normalized spacial score (nSPS) is 15.0. The topological polar surface area (TPSA) is 72.8 Å². The number of nitrogens with zero attached hydrogens (tertiary/aromatic N) is 3. The molecule has 0 unspecified atom stereocenters. The van der Waals surface area contributed by atoms with Crippen LogP contribution in [0, 0.1) is 0 Å². The van der Waals surface area contributed by atoms with Crippen LogP contribution in [0.1, 0.15) is 55.7 Å². The van der Waals surface area contributed by atoms with E-state index in [0.29, 0.717) is 23.9 Å². The number of fused-ring (bicyclic) bond motifs is 1. The maximum atomic E-state index is 12.7. The second kappa shape index (κ2) is 6.94. The van der Waals surface area contributed by atoms with Gasteiger partial charge in [0.2, 0.25) is 0 Å². The molecule has 6 nitrogen and oxygen atoms in total. The summed E-state index contributed by atoms with van der Waals surface area (Å²) in [6, 6.07) is 8.20. The molecule has 136 valence electrons. The number of benzene rings is 1. The molecule has 4 rings (SSSR count). The van der Waals surface area contributed by atoms with Crippen LogP contribution in [0.5, 0.6) is 5.75 Å².